The molecule has 1 aromatic rings. The first-order valence-corrected chi connectivity index (χ1v) is 5.84. The minimum Gasteiger partial charge on any atom is -0.369 e. The van der Waals surface area contributed by atoms with Gasteiger partial charge in [-0.2, -0.15) is 0 Å². The topological polar surface area (TPSA) is 15.3 Å². The van der Waals surface area contributed by atoms with Gasteiger partial charge in [-0.15, -0.1) is 0 Å². The molecule has 2 rings (SSSR count). The number of hydrogen-bond donors (Lipinski definition) is 1. The summed E-state index contributed by atoms with van der Waals surface area (Å²) in [6, 6.07) is 12.2. The van der Waals surface area contributed by atoms with Gasteiger partial charge in [-0.05, 0) is 38.9 Å². The molecule has 0 aliphatic heterocycles. The van der Waals surface area contributed by atoms with Gasteiger partial charge < -0.3 is 10.2 Å². The van der Waals surface area contributed by atoms with Crippen molar-refractivity contribution in [1.82, 2.24) is 5.32 Å². The highest BCUT2D eigenvalue weighted by atomic mass is 15.2. The number of nitrogens with one attached hydrogen (secondary N) is 1. The second-order valence-electron chi connectivity index (χ2n) is 4.23. The van der Waals surface area contributed by atoms with Crippen molar-refractivity contribution in [2.45, 2.75) is 31.8 Å². The monoisotopic (exact) mass is 204 g/mol. The molecule has 15 heavy (non-hydrogen) atoms. The lowest BCUT2D eigenvalue weighted by molar-refractivity contribution is 0.293. The van der Waals surface area contributed by atoms with Gasteiger partial charge in [0, 0.05) is 24.3 Å². The molecule has 0 heterocycles. The van der Waals surface area contributed by atoms with Crippen LogP contribution in [0.2, 0.25) is 0 Å². The second kappa shape index (κ2) is 4.67. The quantitative estimate of drug-likeness (QED) is 0.809. The predicted molar refractivity (Wildman–Crippen MR) is 65.3 cm³/mol. The Kier molecular flexibility index (Phi) is 3.27. The summed E-state index contributed by atoms with van der Waals surface area (Å²) in [5.74, 6) is 0. The van der Waals surface area contributed by atoms with Gasteiger partial charge in [-0.3, -0.25) is 0 Å². The molecule has 1 aliphatic carbocycles. The van der Waals surface area contributed by atoms with E-state index in [1.807, 2.05) is 0 Å². The van der Waals surface area contributed by atoms with Gasteiger partial charge in [-0.1, -0.05) is 18.2 Å². The van der Waals surface area contributed by atoms with E-state index in [4.69, 9.17) is 0 Å². The third-order valence-electron chi connectivity index (χ3n) is 3.39. The van der Waals surface area contributed by atoms with Gasteiger partial charge in [0.15, 0.2) is 0 Å². The number of hydrogen-bond acceptors (Lipinski definition) is 2. The molecule has 1 fully saturated rings. The van der Waals surface area contributed by atoms with Crippen LogP contribution in [0.3, 0.4) is 0 Å². The van der Waals surface area contributed by atoms with Crippen LogP contribution in [0.5, 0.6) is 0 Å². The van der Waals surface area contributed by atoms with Gasteiger partial charge in [-0.25, -0.2) is 0 Å². The summed E-state index contributed by atoms with van der Waals surface area (Å²) < 4.78 is 0. The molecule has 0 aromatic heterocycles. The van der Waals surface area contributed by atoms with Crippen LogP contribution in [0, 0.1) is 0 Å². The molecular weight excluding hydrogens is 184 g/mol. The first-order valence-electron chi connectivity index (χ1n) is 5.84. The van der Waals surface area contributed by atoms with Crippen LogP contribution >= 0.6 is 0 Å². The van der Waals surface area contributed by atoms with Crippen molar-refractivity contribution in [1.29, 1.82) is 0 Å². The van der Waals surface area contributed by atoms with Crippen LogP contribution in [0.1, 0.15) is 19.8 Å². The molecule has 82 valence electrons. The smallest absolute Gasteiger partial charge is 0.0368 e. The first-order chi connectivity index (χ1) is 7.35. The Morgan fingerprint density at radius 3 is 2.47 bits per heavy atom. The Morgan fingerprint density at radius 2 is 1.93 bits per heavy atom. The molecule has 2 heteroatoms. The zero-order valence-electron chi connectivity index (χ0n) is 9.61. The average Bonchev–Trinajstić information content (AvgIpc) is 2.24. The molecule has 0 radical (unpaired) electrons. The Balaban J connectivity index is 2.00. The molecule has 0 amide bonds. The van der Waals surface area contributed by atoms with E-state index >= 15 is 0 Å². The van der Waals surface area contributed by atoms with Crippen molar-refractivity contribution in [3.05, 3.63) is 30.3 Å². The Labute approximate surface area is 92.3 Å². The second-order valence-corrected chi connectivity index (χ2v) is 4.23. The molecule has 0 atom stereocenters. The molecule has 0 unspecified atom stereocenters. The van der Waals surface area contributed by atoms with Gasteiger partial charge in [0.05, 0.1) is 0 Å². The molecule has 0 spiro atoms. The van der Waals surface area contributed by atoms with Crippen LogP contribution in [-0.2, 0) is 0 Å². The first kappa shape index (κ1) is 10.5. The van der Waals surface area contributed by atoms with Crippen molar-refractivity contribution in [3.8, 4) is 0 Å². The van der Waals surface area contributed by atoms with Gasteiger partial charge in [0.25, 0.3) is 0 Å². The summed E-state index contributed by atoms with van der Waals surface area (Å²) in [6.07, 6.45) is 2.55. The van der Waals surface area contributed by atoms with Crippen molar-refractivity contribution in [3.63, 3.8) is 0 Å². The number of nitrogens with zero attached hydrogens (tertiary/aromatic N) is 1. The summed E-state index contributed by atoms with van der Waals surface area (Å²) in [5.41, 5.74) is 1.36. The maximum absolute atomic E-state index is 3.34. The Morgan fingerprint density at radius 1 is 1.27 bits per heavy atom. The zero-order valence-corrected chi connectivity index (χ0v) is 9.61. The summed E-state index contributed by atoms with van der Waals surface area (Å²) in [7, 11) is 2.06. The molecule has 1 aromatic carbocycles. The highest BCUT2D eigenvalue weighted by Gasteiger charge is 2.31. The van der Waals surface area contributed by atoms with E-state index in [1.165, 1.54) is 18.5 Å². The number of anilines is 1. The molecule has 1 N–H and O–H groups in total. The normalized spacial score (nSPS) is 24.7. The highest BCUT2D eigenvalue weighted by Crippen LogP contribution is 2.29. The lowest BCUT2D eigenvalue weighted by Gasteiger charge is -2.43. The third-order valence-corrected chi connectivity index (χ3v) is 3.39. The Hall–Kier alpha value is -1.02. The minimum atomic E-state index is 0.729. The summed E-state index contributed by atoms with van der Waals surface area (Å²) >= 11 is 0. The van der Waals surface area contributed by atoms with Crippen LogP contribution < -0.4 is 10.2 Å². The maximum atomic E-state index is 3.34. The molecule has 0 saturated heterocycles. The van der Waals surface area contributed by atoms with Gasteiger partial charge in [0.2, 0.25) is 0 Å². The third kappa shape index (κ3) is 2.15. The van der Waals surface area contributed by atoms with Crippen molar-refractivity contribution in [2.24, 2.45) is 0 Å². The highest BCUT2D eigenvalue weighted by molar-refractivity contribution is 5.47. The minimum absolute atomic E-state index is 0.729. The van der Waals surface area contributed by atoms with Gasteiger partial charge in [0.1, 0.15) is 0 Å². The van der Waals surface area contributed by atoms with E-state index in [1.54, 1.807) is 0 Å². The van der Waals surface area contributed by atoms with E-state index in [0.29, 0.717) is 0 Å². The lowest BCUT2D eigenvalue weighted by atomic mass is 9.85. The number of benzene rings is 1. The van der Waals surface area contributed by atoms with Crippen molar-refractivity contribution < 1.29 is 0 Å². The standard InChI is InChI=1S/C13H20N2/c1-3-15(12-7-5-4-6-8-12)13-9-11(10-13)14-2/h4-8,11,13-14H,3,9-10H2,1-2H3. The van der Waals surface area contributed by atoms with Crippen molar-refractivity contribution in [2.75, 3.05) is 18.5 Å². The van der Waals surface area contributed by atoms with Crippen LogP contribution in [0.25, 0.3) is 0 Å². The molecule has 1 saturated carbocycles. The van der Waals surface area contributed by atoms with Crippen molar-refractivity contribution >= 4 is 5.69 Å². The largest absolute Gasteiger partial charge is 0.369 e. The predicted octanol–water partition coefficient (Wildman–Crippen LogP) is 2.26. The fraction of sp³-hybridized carbons (Fsp3) is 0.538. The fourth-order valence-electron chi connectivity index (χ4n) is 2.35. The number of rotatable bonds is 4. The molecule has 1 aliphatic rings. The van der Waals surface area contributed by atoms with E-state index in [2.05, 4.69) is 54.5 Å². The van der Waals surface area contributed by atoms with Crippen LogP contribution in [0.4, 0.5) is 5.69 Å². The van der Waals surface area contributed by atoms with E-state index in [9.17, 15) is 0 Å². The van der Waals surface area contributed by atoms with Gasteiger partial charge >= 0.3 is 0 Å². The van der Waals surface area contributed by atoms with Crippen LogP contribution in [0.15, 0.2) is 30.3 Å². The molecule has 0 bridgehead atoms. The summed E-state index contributed by atoms with van der Waals surface area (Å²) in [5, 5.41) is 3.34. The van der Waals surface area contributed by atoms with Crippen LogP contribution in [-0.4, -0.2) is 25.7 Å². The van der Waals surface area contributed by atoms with E-state index in [0.717, 1.165) is 18.6 Å². The SMILES string of the molecule is CCN(c1ccccc1)C1CC(NC)C1. The van der Waals surface area contributed by atoms with E-state index < -0.39 is 0 Å². The van der Waals surface area contributed by atoms with E-state index in [-0.39, 0.29) is 0 Å². The lowest BCUT2D eigenvalue weighted by Crippen LogP contribution is -2.51. The Bertz CT molecular complexity index is 291. The summed E-state index contributed by atoms with van der Waals surface area (Å²) in [4.78, 5) is 2.51. The maximum Gasteiger partial charge on any atom is 0.0368 e. The molecule has 2 nitrogen and oxygen atoms in total. The number of para-hydroxylation sites is 1. The summed E-state index contributed by atoms with van der Waals surface area (Å²) in [6.45, 7) is 3.34. The average molecular weight is 204 g/mol. The zero-order chi connectivity index (χ0) is 10.7. The fourth-order valence-corrected chi connectivity index (χ4v) is 2.35. The molecular formula is C13H20N2.